The van der Waals surface area contributed by atoms with E-state index in [2.05, 4.69) is 25.7 Å². The molecule has 0 atom stereocenters. The maximum atomic E-state index is 8.48. The normalized spacial score (nSPS) is 9.41. The molecular formula is C12H33B2N2O6. The molecule has 133 valence electrons. The van der Waals surface area contributed by atoms with E-state index in [1.54, 1.807) is 4.90 Å². The summed E-state index contributed by atoms with van der Waals surface area (Å²) in [6, 6.07) is 0. The lowest BCUT2D eigenvalue weighted by Gasteiger charge is -2.17. The van der Waals surface area contributed by atoms with Crippen LogP contribution < -0.4 is 0 Å². The number of hydrogen-bond acceptors (Lipinski definition) is 8. The fraction of sp³-hybridized carbons (Fsp3) is 1.00. The monoisotopic (exact) mass is 323 g/mol. The fourth-order valence-corrected chi connectivity index (χ4v) is 1.43. The minimum atomic E-state index is -2.17. The molecule has 0 amide bonds. The van der Waals surface area contributed by atoms with Gasteiger partial charge in [-0.25, -0.2) is 0 Å². The van der Waals surface area contributed by atoms with Gasteiger partial charge in [-0.1, -0.05) is 20.8 Å². The molecule has 0 saturated carbocycles. The highest BCUT2D eigenvalue weighted by Crippen LogP contribution is 1.84. The number of nitrogens with zero attached hydrogens (tertiary/aromatic N) is 2. The molecule has 0 unspecified atom stereocenters. The Labute approximate surface area is 136 Å². The molecule has 0 fully saturated rings. The Bertz CT molecular complexity index is 157. The first-order valence-electron chi connectivity index (χ1n) is 7.24. The van der Waals surface area contributed by atoms with Gasteiger partial charge >= 0.3 is 7.32 Å². The van der Waals surface area contributed by atoms with Crippen LogP contribution in [0.4, 0.5) is 0 Å². The molecule has 0 bridgehead atoms. The third kappa shape index (κ3) is 32.0. The van der Waals surface area contributed by atoms with E-state index in [9.17, 15) is 0 Å². The molecule has 8 nitrogen and oxygen atoms in total. The van der Waals surface area contributed by atoms with Gasteiger partial charge in [-0.3, -0.25) is 4.90 Å². The van der Waals surface area contributed by atoms with Crippen LogP contribution in [0.15, 0.2) is 0 Å². The molecule has 3 radical (unpaired) electrons. The standard InChI is InChI=1S/C6H15NO3.C6H15N.BH3O3.B/c8-4-1-7(2-5-9)3-6-10;1-4-7(5-2)6-3;2-1(3)4;/h8-10H,1-6H2;4-6H2,1-3H3;2-4H;. The van der Waals surface area contributed by atoms with Crippen LogP contribution in [0.5, 0.6) is 0 Å². The summed E-state index contributed by atoms with van der Waals surface area (Å²) in [4.78, 5) is 4.17. The predicted octanol–water partition coefficient (Wildman–Crippen LogP) is -2.82. The second-order valence-electron chi connectivity index (χ2n) is 3.98. The molecule has 0 aromatic carbocycles. The van der Waals surface area contributed by atoms with Gasteiger partial charge in [0.2, 0.25) is 0 Å². The summed E-state index contributed by atoms with van der Waals surface area (Å²) in [5.41, 5.74) is 0. The molecule has 10 heteroatoms. The van der Waals surface area contributed by atoms with Crippen LogP contribution in [0.3, 0.4) is 0 Å². The first-order chi connectivity index (χ1) is 9.92. The van der Waals surface area contributed by atoms with Crippen LogP contribution in [0.25, 0.3) is 0 Å². The molecular weight excluding hydrogens is 290 g/mol. The summed E-state index contributed by atoms with van der Waals surface area (Å²) in [6.07, 6.45) is 0. The van der Waals surface area contributed by atoms with Gasteiger partial charge in [0.25, 0.3) is 0 Å². The molecule has 6 N–H and O–H groups in total. The van der Waals surface area contributed by atoms with Gasteiger partial charge in [0.1, 0.15) is 0 Å². The molecule has 0 saturated heterocycles. The minimum absolute atomic E-state index is 0. The Morgan fingerprint density at radius 1 is 0.636 bits per heavy atom. The third-order valence-electron chi connectivity index (χ3n) is 2.59. The zero-order chi connectivity index (χ0) is 17.1. The van der Waals surface area contributed by atoms with Crippen molar-refractivity contribution >= 4 is 15.7 Å². The van der Waals surface area contributed by atoms with Crippen molar-refractivity contribution in [2.45, 2.75) is 20.8 Å². The largest absolute Gasteiger partial charge is 0.631 e. The lowest BCUT2D eigenvalue weighted by Crippen LogP contribution is -2.32. The number of aliphatic hydroxyl groups excluding tert-OH is 3. The summed E-state index contributed by atoms with van der Waals surface area (Å²) in [5, 5.41) is 47.0. The van der Waals surface area contributed by atoms with Crippen LogP contribution in [0, 0.1) is 0 Å². The lowest BCUT2D eigenvalue weighted by atomic mass is 10.3. The van der Waals surface area contributed by atoms with Gasteiger partial charge in [-0.2, -0.15) is 0 Å². The number of aliphatic hydroxyl groups is 3. The molecule has 0 aliphatic carbocycles. The SMILES string of the molecule is CCN(CC)CC.OB(O)O.OCCN(CCO)CCO.[B]. The summed E-state index contributed by atoms with van der Waals surface area (Å²) in [6.45, 7) is 11.9. The van der Waals surface area contributed by atoms with Crippen molar-refractivity contribution < 1.29 is 30.4 Å². The van der Waals surface area contributed by atoms with Gasteiger partial charge in [0, 0.05) is 28.0 Å². The van der Waals surface area contributed by atoms with Crippen molar-refractivity contribution in [3.05, 3.63) is 0 Å². The van der Waals surface area contributed by atoms with Crippen molar-refractivity contribution in [2.24, 2.45) is 0 Å². The van der Waals surface area contributed by atoms with E-state index in [4.69, 9.17) is 30.4 Å². The molecule has 0 aromatic rings. The first-order valence-corrected chi connectivity index (χ1v) is 7.24. The van der Waals surface area contributed by atoms with E-state index >= 15 is 0 Å². The van der Waals surface area contributed by atoms with Crippen molar-refractivity contribution in [3.63, 3.8) is 0 Å². The van der Waals surface area contributed by atoms with E-state index < -0.39 is 7.32 Å². The Kier molecular flexibility index (Phi) is 34.8. The highest BCUT2D eigenvalue weighted by molar-refractivity contribution is 6.30. The lowest BCUT2D eigenvalue weighted by molar-refractivity contribution is 0.136. The van der Waals surface area contributed by atoms with E-state index in [-0.39, 0.29) is 28.2 Å². The molecule has 22 heavy (non-hydrogen) atoms. The number of rotatable bonds is 9. The predicted molar refractivity (Wildman–Crippen MR) is 89.3 cm³/mol. The van der Waals surface area contributed by atoms with Crippen LogP contribution in [-0.4, -0.2) is 115 Å². The second-order valence-corrected chi connectivity index (χ2v) is 3.98. The van der Waals surface area contributed by atoms with Gasteiger partial charge in [-0.15, -0.1) is 0 Å². The van der Waals surface area contributed by atoms with E-state index in [0.29, 0.717) is 19.6 Å². The molecule has 0 rings (SSSR count). The summed E-state index contributed by atoms with van der Waals surface area (Å²) >= 11 is 0. The Morgan fingerprint density at radius 3 is 0.955 bits per heavy atom. The summed E-state index contributed by atoms with van der Waals surface area (Å²) in [5.74, 6) is 0. The second kappa shape index (κ2) is 25.7. The van der Waals surface area contributed by atoms with Crippen molar-refractivity contribution in [3.8, 4) is 0 Å². The van der Waals surface area contributed by atoms with Gasteiger partial charge in [0.15, 0.2) is 0 Å². The van der Waals surface area contributed by atoms with Crippen LogP contribution >= 0.6 is 0 Å². The van der Waals surface area contributed by atoms with Crippen LogP contribution in [0.1, 0.15) is 20.8 Å². The zero-order valence-electron chi connectivity index (χ0n) is 14.1. The summed E-state index contributed by atoms with van der Waals surface area (Å²) < 4.78 is 0. The van der Waals surface area contributed by atoms with Crippen LogP contribution in [-0.2, 0) is 0 Å². The summed E-state index contributed by atoms with van der Waals surface area (Å²) in [7, 11) is -2.17. The van der Waals surface area contributed by atoms with Gasteiger partial charge in [0.05, 0.1) is 19.8 Å². The Balaban J connectivity index is -0.000000118. The van der Waals surface area contributed by atoms with Crippen molar-refractivity contribution in [1.82, 2.24) is 9.80 Å². The fourth-order valence-electron chi connectivity index (χ4n) is 1.43. The Hall–Kier alpha value is -0.190. The van der Waals surface area contributed by atoms with E-state index in [1.807, 2.05) is 0 Å². The topological polar surface area (TPSA) is 128 Å². The third-order valence-corrected chi connectivity index (χ3v) is 2.59. The average Bonchev–Trinajstić information content (AvgIpc) is 2.42. The van der Waals surface area contributed by atoms with Crippen molar-refractivity contribution in [2.75, 3.05) is 59.1 Å². The van der Waals surface area contributed by atoms with Crippen LogP contribution in [0.2, 0.25) is 0 Å². The molecule has 0 spiro atoms. The molecule has 0 aliphatic heterocycles. The molecule has 0 aromatic heterocycles. The van der Waals surface area contributed by atoms with Gasteiger partial charge < -0.3 is 35.3 Å². The highest BCUT2D eigenvalue weighted by atomic mass is 16.5. The minimum Gasteiger partial charge on any atom is -0.402 e. The quantitative estimate of drug-likeness (QED) is 0.251. The number of hydrogen-bond donors (Lipinski definition) is 6. The maximum Gasteiger partial charge on any atom is 0.631 e. The van der Waals surface area contributed by atoms with E-state index in [0.717, 1.165) is 0 Å². The first kappa shape index (κ1) is 29.8. The van der Waals surface area contributed by atoms with Crippen molar-refractivity contribution in [1.29, 1.82) is 0 Å². The van der Waals surface area contributed by atoms with Gasteiger partial charge in [-0.05, 0) is 19.6 Å². The highest BCUT2D eigenvalue weighted by Gasteiger charge is 2.00. The maximum absolute atomic E-state index is 8.48. The molecule has 0 aliphatic rings. The zero-order valence-corrected chi connectivity index (χ0v) is 14.1. The van der Waals surface area contributed by atoms with E-state index in [1.165, 1.54) is 19.6 Å². The average molecular weight is 323 g/mol. The molecule has 0 heterocycles. The Morgan fingerprint density at radius 2 is 0.864 bits per heavy atom. The smallest absolute Gasteiger partial charge is 0.402 e.